The van der Waals surface area contributed by atoms with Gasteiger partial charge in [-0.2, -0.15) is 18.4 Å². The molecule has 0 unspecified atom stereocenters. The fourth-order valence-corrected chi connectivity index (χ4v) is 4.25. The van der Waals surface area contributed by atoms with Gasteiger partial charge in [0.15, 0.2) is 0 Å². The summed E-state index contributed by atoms with van der Waals surface area (Å²) in [6, 6.07) is 5.14. The number of fused-ring (bicyclic) bond motifs is 1. The second kappa shape index (κ2) is 9.60. The molecule has 1 aliphatic heterocycles. The maximum Gasteiger partial charge on any atom is 0.418 e. The lowest BCUT2D eigenvalue weighted by molar-refractivity contribution is -0.137. The Morgan fingerprint density at radius 3 is 2.47 bits per heavy atom. The van der Waals surface area contributed by atoms with Crippen LogP contribution in [0.4, 0.5) is 13.2 Å². The molecule has 8 nitrogen and oxygen atoms in total. The highest BCUT2D eigenvalue weighted by atomic mass is 19.4. The SMILES string of the molecule is COC1=N[C@H](C(C)C)C(OC)=N[C@H]1Cc1ccc(-c2nc(C)c(C#N)cc2C(F)(F)F)c2nccn12. The number of rotatable bonds is 4. The topological polar surface area (TPSA) is 97.2 Å². The summed E-state index contributed by atoms with van der Waals surface area (Å²) in [5, 5.41) is 9.21. The zero-order chi connectivity index (χ0) is 26.2. The summed E-state index contributed by atoms with van der Waals surface area (Å²) in [5.74, 6) is 1.11. The van der Waals surface area contributed by atoms with Crippen molar-refractivity contribution in [3.8, 4) is 17.3 Å². The first-order valence-electron chi connectivity index (χ1n) is 11.3. The molecule has 0 saturated carbocycles. The molecule has 2 atom stereocenters. The van der Waals surface area contributed by atoms with E-state index in [0.29, 0.717) is 23.9 Å². The Labute approximate surface area is 206 Å². The Morgan fingerprint density at radius 2 is 1.86 bits per heavy atom. The first-order chi connectivity index (χ1) is 17.1. The van der Waals surface area contributed by atoms with Crippen molar-refractivity contribution in [2.45, 2.75) is 45.5 Å². The number of aromatic nitrogens is 3. The van der Waals surface area contributed by atoms with Crippen molar-refractivity contribution in [3.63, 3.8) is 0 Å². The van der Waals surface area contributed by atoms with Crippen LogP contribution in [0.3, 0.4) is 0 Å². The molecule has 0 aromatic carbocycles. The van der Waals surface area contributed by atoms with Crippen LogP contribution in [0.2, 0.25) is 0 Å². The Balaban J connectivity index is 1.80. The molecular formula is C25H25F3N6O2. The van der Waals surface area contributed by atoms with Crippen LogP contribution in [0.15, 0.2) is 40.6 Å². The number of pyridine rings is 2. The summed E-state index contributed by atoms with van der Waals surface area (Å²) >= 11 is 0. The number of hydrogen-bond acceptors (Lipinski definition) is 7. The molecule has 0 amide bonds. The van der Waals surface area contributed by atoms with Crippen molar-refractivity contribution in [3.05, 3.63) is 53.1 Å². The standard InChI is InChI=1S/C25H25F3N6O2/c1-13(2)20-24(36-5)32-19(23(33-20)35-4)11-16-6-7-17(22-30-8-9-34(16)22)21-18(25(26,27)28)10-15(12-29)14(3)31-21/h6-10,13,19-20H,11H2,1-5H3/t19-,20+/m0/s1. The van der Waals surface area contributed by atoms with Crippen molar-refractivity contribution < 1.29 is 22.6 Å². The van der Waals surface area contributed by atoms with E-state index < -0.39 is 17.8 Å². The first kappa shape index (κ1) is 25.2. The van der Waals surface area contributed by atoms with Crippen LogP contribution in [0.25, 0.3) is 16.9 Å². The number of aryl methyl sites for hydroxylation is 1. The number of methoxy groups -OCH3 is 2. The van der Waals surface area contributed by atoms with Crippen LogP contribution in [0, 0.1) is 24.2 Å². The average Bonchev–Trinajstić information content (AvgIpc) is 3.33. The summed E-state index contributed by atoms with van der Waals surface area (Å²) in [4.78, 5) is 17.9. The molecule has 188 valence electrons. The van der Waals surface area contributed by atoms with Gasteiger partial charge < -0.3 is 13.9 Å². The largest absolute Gasteiger partial charge is 0.483 e. The van der Waals surface area contributed by atoms with Gasteiger partial charge in [0.1, 0.15) is 23.8 Å². The summed E-state index contributed by atoms with van der Waals surface area (Å²) in [6.07, 6.45) is -1.17. The van der Waals surface area contributed by atoms with Crippen molar-refractivity contribution in [1.29, 1.82) is 5.26 Å². The highest BCUT2D eigenvalue weighted by Crippen LogP contribution is 2.38. The number of nitriles is 1. The zero-order valence-corrected chi connectivity index (χ0v) is 20.5. The summed E-state index contributed by atoms with van der Waals surface area (Å²) in [6.45, 7) is 5.53. The molecule has 0 bridgehead atoms. The van der Waals surface area contributed by atoms with E-state index in [0.717, 1.165) is 11.8 Å². The predicted octanol–water partition coefficient (Wildman–Crippen LogP) is 4.63. The Hall–Kier alpha value is -3.94. The molecule has 0 fully saturated rings. The maximum absolute atomic E-state index is 13.9. The van der Waals surface area contributed by atoms with Crippen LogP contribution >= 0.6 is 0 Å². The van der Waals surface area contributed by atoms with Crippen molar-refractivity contribution in [1.82, 2.24) is 14.4 Å². The third-order valence-electron chi connectivity index (χ3n) is 6.07. The first-order valence-corrected chi connectivity index (χ1v) is 11.3. The van der Waals surface area contributed by atoms with Crippen LogP contribution < -0.4 is 0 Å². The van der Waals surface area contributed by atoms with Gasteiger partial charge in [0.2, 0.25) is 11.8 Å². The molecule has 0 aliphatic carbocycles. The number of alkyl halides is 3. The molecule has 4 rings (SSSR count). The highest BCUT2D eigenvalue weighted by molar-refractivity contribution is 5.94. The maximum atomic E-state index is 13.9. The molecule has 11 heteroatoms. The lowest BCUT2D eigenvalue weighted by atomic mass is 10.0. The summed E-state index contributed by atoms with van der Waals surface area (Å²) in [7, 11) is 3.08. The van der Waals surface area contributed by atoms with E-state index >= 15 is 0 Å². The molecule has 0 saturated heterocycles. The fourth-order valence-electron chi connectivity index (χ4n) is 4.25. The van der Waals surface area contributed by atoms with Crippen LogP contribution in [-0.4, -0.2) is 52.5 Å². The van der Waals surface area contributed by atoms with E-state index in [-0.39, 0.29) is 34.5 Å². The van der Waals surface area contributed by atoms with Crippen molar-refractivity contribution >= 4 is 17.4 Å². The van der Waals surface area contributed by atoms with E-state index in [1.165, 1.54) is 20.2 Å². The normalized spacial score (nSPS) is 18.1. The lowest BCUT2D eigenvalue weighted by Crippen LogP contribution is -2.38. The minimum absolute atomic E-state index is 0.128. The van der Waals surface area contributed by atoms with E-state index in [2.05, 4.69) is 15.0 Å². The van der Waals surface area contributed by atoms with Crippen LogP contribution in [0.1, 0.15) is 36.4 Å². The lowest BCUT2D eigenvalue weighted by Gasteiger charge is -2.27. The molecule has 36 heavy (non-hydrogen) atoms. The summed E-state index contributed by atoms with van der Waals surface area (Å²) in [5.41, 5.74) is 0.0552. The molecule has 4 heterocycles. The van der Waals surface area contributed by atoms with Crippen molar-refractivity contribution in [2.24, 2.45) is 15.9 Å². The molecule has 0 spiro atoms. The van der Waals surface area contributed by atoms with Crippen LogP contribution in [0.5, 0.6) is 0 Å². The average molecular weight is 499 g/mol. The predicted molar refractivity (Wildman–Crippen MR) is 128 cm³/mol. The van der Waals surface area contributed by atoms with E-state index in [1.807, 2.05) is 13.8 Å². The minimum Gasteiger partial charge on any atom is -0.483 e. The van der Waals surface area contributed by atoms with Gasteiger partial charge in [-0.05, 0) is 31.0 Å². The quantitative estimate of drug-likeness (QED) is 0.522. The number of imidazole rings is 1. The number of aliphatic imine (C=N–C) groups is 2. The number of hydrogen-bond donors (Lipinski definition) is 0. The van der Waals surface area contributed by atoms with Gasteiger partial charge in [-0.1, -0.05) is 13.8 Å². The monoisotopic (exact) mass is 498 g/mol. The van der Waals surface area contributed by atoms with E-state index in [9.17, 15) is 18.4 Å². The smallest absolute Gasteiger partial charge is 0.418 e. The van der Waals surface area contributed by atoms with E-state index in [1.54, 1.807) is 35.9 Å². The van der Waals surface area contributed by atoms with Gasteiger partial charge in [0.25, 0.3) is 0 Å². The minimum atomic E-state index is -4.70. The Morgan fingerprint density at radius 1 is 1.14 bits per heavy atom. The third kappa shape index (κ3) is 4.51. The molecule has 0 N–H and O–H groups in total. The van der Waals surface area contributed by atoms with Gasteiger partial charge in [-0.3, -0.25) is 4.98 Å². The molecule has 0 radical (unpaired) electrons. The fraction of sp³-hybridized carbons (Fsp3) is 0.400. The molecule has 1 aliphatic rings. The van der Waals surface area contributed by atoms with Gasteiger partial charge in [0, 0.05) is 30.1 Å². The summed E-state index contributed by atoms with van der Waals surface area (Å²) < 4.78 is 54.4. The highest BCUT2D eigenvalue weighted by Gasteiger charge is 2.36. The molecule has 3 aromatic rings. The molecular weight excluding hydrogens is 473 g/mol. The third-order valence-corrected chi connectivity index (χ3v) is 6.07. The Kier molecular flexibility index (Phi) is 6.71. The number of ether oxygens (including phenoxy) is 2. The molecule has 3 aromatic heterocycles. The van der Waals surface area contributed by atoms with Gasteiger partial charge in [-0.25, -0.2) is 15.0 Å². The number of nitrogens with zero attached hydrogens (tertiary/aromatic N) is 6. The Bertz CT molecular complexity index is 1400. The second-order valence-corrected chi connectivity index (χ2v) is 8.74. The second-order valence-electron chi connectivity index (χ2n) is 8.74. The van der Waals surface area contributed by atoms with Gasteiger partial charge in [0.05, 0.1) is 36.7 Å². The van der Waals surface area contributed by atoms with Gasteiger partial charge >= 0.3 is 6.18 Å². The van der Waals surface area contributed by atoms with Crippen molar-refractivity contribution in [2.75, 3.05) is 14.2 Å². The van der Waals surface area contributed by atoms with Crippen LogP contribution in [-0.2, 0) is 22.1 Å². The zero-order valence-electron chi connectivity index (χ0n) is 20.5. The van der Waals surface area contributed by atoms with E-state index in [4.69, 9.17) is 14.5 Å². The number of halogens is 3. The van der Waals surface area contributed by atoms with Gasteiger partial charge in [-0.15, -0.1) is 0 Å².